The SMILES string of the molecule is CCNC(=NC)N1CCSC(CC)C1.I. The lowest BCUT2D eigenvalue weighted by atomic mass is 10.3. The third-order valence-electron chi connectivity index (χ3n) is 2.44. The summed E-state index contributed by atoms with van der Waals surface area (Å²) in [6.07, 6.45) is 1.25. The molecule has 0 spiro atoms. The van der Waals surface area contributed by atoms with Gasteiger partial charge in [0.2, 0.25) is 0 Å². The van der Waals surface area contributed by atoms with E-state index in [9.17, 15) is 0 Å². The van der Waals surface area contributed by atoms with Gasteiger partial charge in [0.25, 0.3) is 0 Å². The normalized spacial score (nSPS) is 22.2. The lowest BCUT2D eigenvalue weighted by molar-refractivity contribution is 0.409. The summed E-state index contributed by atoms with van der Waals surface area (Å²) in [5.74, 6) is 2.29. The number of hydrogen-bond donors (Lipinski definition) is 1. The minimum absolute atomic E-state index is 0. The van der Waals surface area contributed by atoms with E-state index in [1.165, 1.54) is 12.2 Å². The highest BCUT2D eigenvalue weighted by Gasteiger charge is 2.20. The number of nitrogens with zero attached hydrogens (tertiary/aromatic N) is 2. The van der Waals surface area contributed by atoms with Gasteiger partial charge in [0.05, 0.1) is 0 Å². The summed E-state index contributed by atoms with van der Waals surface area (Å²) in [5, 5.41) is 4.09. The molecule has 1 saturated heterocycles. The van der Waals surface area contributed by atoms with E-state index in [4.69, 9.17) is 0 Å². The van der Waals surface area contributed by atoms with Crippen molar-refractivity contribution in [1.29, 1.82) is 0 Å². The minimum atomic E-state index is 0. The molecule has 1 fully saturated rings. The maximum absolute atomic E-state index is 4.29. The molecule has 3 nitrogen and oxygen atoms in total. The second-order valence-electron chi connectivity index (χ2n) is 3.42. The first-order chi connectivity index (χ1) is 6.81. The predicted molar refractivity (Wildman–Crippen MR) is 80.6 cm³/mol. The predicted octanol–water partition coefficient (Wildman–Crippen LogP) is 2.03. The van der Waals surface area contributed by atoms with Crippen molar-refractivity contribution < 1.29 is 0 Å². The summed E-state index contributed by atoms with van der Waals surface area (Å²) in [4.78, 5) is 6.66. The summed E-state index contributed by atoms with van der Waals surface area (Å²) < 4.78 is 0. The van der Waals surface area contributed by atoms with Crippen molar-refractivity contribution >= 4 is 41.7 Å². The Morgan fingerprint density at radius 3 is 2.80 bits per heavy atom. The summed E-state index contributed by atoms with van der Waals surface area (Å²) in [7, 11) is 1.86. The number of aliphatic imine (C=N–C) groups is 1. The summed E-state index contributed by atoms with van der Waals surface area (Å²) in [6, 6.07) is 0. The Balaban J connectivity index is 0.00000196. The number of thioether (sulfide) groups is 1. The van der Waals surface area contributed by atoms with Gasteiger partial charge in [-0.1, -0.05) is 6.92 Å². The van der Waals surface area contributed by atoms with Gasteiger partial charge >= 0.3 is 0 Å². The van der Waals surface area contributed by atoms with Gasteiger partial charge in [0, 0.05) is 37.7 Å². The molecule has 1 atom stereocenters. The average molecular weight is 343 g/mol. The standard InChI is InChI=1S/C10H21N3S.HI/c1-4-9-8-13(6-7-14-9)10(11-3)12-5-2;/h9H,4-8H2,1-3H3,(H,11,12);1H. The Kier molecular flexibility index (Phi) is 8.69. The fourth-order valence-corrected chi connectivity index (χ4v) is 2.83. The van der Waals surface area contributed by atoms with Crippen LogP contribution in [-0.4, -0.2) is 48.5 Å². The van der Waals surface area contributed by atoms with Crippen LogP contribution in [0.25, 0.3) is 0 Å². The van der Waals surface area contributed by atoms with Crippen molar-refractivity contribution in [3.8, 4) is 0 Å². The first-order valence-electron chi connectivity index (χ1n) is 5.39. The number of rotatable bonds is 2. The maximum Gasteiger partial charge on any atom is 0.193 e. The molecule has 1 rings (SSSR count). The smallest absolute Gasteiger partial charge is 0.193 e. The van der Waals surface area contributed by atoms with Gasteiger partial charge in [-0.3, -0.25) is 4.99 Å². The van der Waals surface area contributed by atoms with E-state index in [2.05, 4.69) is 40.8 Å². The third-order valence-corrected chi connectivity index (χ3v) is 3.81. The summed E-state index contributed by atoms with van der Waals surface area (Å²) >= 11 is 2.09. The first kappa shape index (κ1) is 15.3. The van der Waals surface area contributed by atoms with Crippen LogP contribution in [0.1, 0.15) is 20.3 Å². The van der Waals surface area contributed by atoms with Crippen LogP contribution in [-0.2, 0) is 0 Å². The number of hydrogen-bond acceptors (Lipinski definition) is 2. The molecule has 1 aliphatic rings. The van der Waals surface area contributed by atoms with E-state index in [0.717, 1.165) is 30.8 Å². The largest absolute Gasteiger partial charge is 0.357 e. The van der Waals surface area contributed by atoms with Crippen molar-refractivity contribution in [1.82, 2.24) is 10.2 Å². The second kappa shape index (κ2) is 8.50. The topological polar surface area (TPSA) is 27.6 Å². The monoisotopic (exact) mass is 343 g/mol. The van der Waals surface area contributed by atoms with Crippen LogP contribution < -0.4 is 5.32 Å². The molecule has 0 aromatic heterocycles. The summed E-state index contributed by atoms with van der Waals surface area (Å²) in [5.41, 5.74) is 0. The molecule has 0 aromatic rings. The van der Waals surface area contributed by atoms with Gasteiger partial charge < -0.3 is 10.2 Å². The molecule has 0 radical (unpaired) electrons. The molecule has 0 aromatic carbocycles. The molecule has 0 aliphatic carbocycles. The molecule has 1 unspecified atom stereocenters. The van der Waals surface area contributed by atoms with Gasteiger partial charge in [-0.05, 0) is 13.3 Å². The van der Waals surface area contributed by atoms with E-state index in [1.807, 2.05) is 7.05 Å². The van der Waals surface area contributed by atoms with Gasteiger partial charge in [0.1, 0.15) is 0 Å². The Morgan fingerprint density at radius 2 is 2.27 bits per heavy atom. The Morgan fingerprint density at radius 1 is 1.53 bits per heavy atom. The molecule has 90 valence electrons. The van der Waals surface area contributed by atoms with Crippen LogP contribution in [0.5, 0.6) is 0 Å². The van der Waals surface area contributed by atoms with Crippen molar-refractivity contribution in [3.05, 3.63) is 0 Å². The molecule has 0 bridgehead atoms. The van der Waals surface area contributed by atoms with Crippen molar-refractivity contribution in [2.75, 3.05) is 32.4 Å². The van der Waals surface area contributed by atoms with Gasteiger partial charge in [-0.2, -0.15) is 11.8 Å². The van der Waals surface area contributed by atoms with E-state index in [-0.39, 0.29) is 24.0 Å². The molecule has 0 saturated carbocycles. The molecular formula is C10H22IN3S. The quantitative estimate of drug-likeness (QED) is 0.472. The van der Waals surface area contributed by atoms with E-state index in [1.54, 1.807) is 0 Å². The molecule has 1 N–H and O–H groups in total. The molecule has 1 heterocycles. The maximum atomic E-state index is 4.29. The third kappa shape index (κ3) is 4.80. The molecule has 0 amide bonds. The zero-order valence-corrected chi connectivity index (χ0v) is 13.0. The highest BCUT2D eigenvalue weighted by molar-refractivity contribution is 14.0. The van der Waals surface area contributed by atoms with E-state index in [0.29, 0.717) is 0 Å². The highest BCUT2D eigenvalue weighted by Crippen LogP contribution is 2.20. The van der Waals surface area contributed by atoms with Crippen molar-refractivity contribution in [3.63, 3.8) is 0 Å². The summed E-state index contributed by atoms with van der Waals surface area (Å²) in [6.45, 7) is 7.59. The second-order valence-corrected chi connectivity index (χ2v) is 4.83. The van der Waals surface area contributed by atoms with Crippen molar-refractivity contribution in [2.24, 2.45) is 4.99 Å². The average Bonchev–Trinajstić information content (AvgIpc) is 2.26. The van der Waals surface area contributed by atoms with Gasteiger partial charge in [0.15, 0.2) is 5.96 Å². The number of halogens is 1. The molecular weight excluding hydrogens is 321 g/mol. The van der Waals surface area contributed by atoms with Crippen molar-refractivity contribution in [2.45, 2.75) is 25.5 Å². The van der Waals surface area contributed by atoms with Crippen LogP contribution in [0.4, 0.5) is 0 Å². The lowest BCUT2D eigenvalue weighted by Gasteiger charge is -2.34. The Hall–Kier alpha value is 0.350. The van der Waals surface area contributed by atoms with Crippen LogP contribution in [0.3, 0.4) is 0 Å². The fourth-order valence-electron chi connectivity index (χ4n) is 1.65. The Labute approximate surface area is 114 Å². The van der Waals surface area contributed by atoms with Crippen LogP contribution in [0.2, 0.25) is 0 Å². The zero-order valence-electron chi connectivity index (χ0n) is 9.82. The van der Waals surface area contributed by atoms with Crippen LogP contribution in [0, 0.1) is 0 Å². The molecule has 1 aliphatic heterocycles. The Bertz CT molecular complexity index is 199. The van der Waals surface area contributed by atoms with Gasteiger partial charge in [-0.15, -0.1) is 24.0 Å². The number of nitrogens with one attached hydrogen (secondary N) is 1. The first-order valence-corrected chi connectivity index (χ1v) is 6.43. The van der Waals surface area contributed by atoms with Crippen LogP contribution >= 0.6 is 35.7 Å². The van der Waals surface area contributed by atoms with Gasteiger partial charge in [-0.25, -0.2) is 0 Å². The van der Waals surface area contributed by atoms with Crippen LogP contribution in [0.15, 0.2) is 4.99 Å². The zero-order chi connectivity index (χ0) is 10.4. The van der Waals surface area contributed by atoms with E-state index >= 15 is 0 Å². The van der Waals surface area contributed by atoms with E-state index < -0.39 is 0 Å². The number of guanidine groups is 1. The minimum Gasteiger partial charge on any atom is -0.357 e. The highest BCUT2D eigenvalue weighted by atomic mass is 127. The molecule has 15 heavy (non-hydrogen) atoms. The molecule has 5 heteroatoms. The lowest BCUT2D eigenvalue weighted by Crippen LogP contribution is -2.47. The fraction of sp³-hybridized carbons (Fsp3) is 0.900.